The van der Waals surface area contributed by atoms with E-state index in [0.717, 1.165) is 25.2 Å². The van der Waals surface area contributed by atoms with Crippen LogP contribution in [0.4, 0.5) is 5.69 Å². The van der Waals surface area contributed by atoms with Crippen molar-refractivity contribution in [3.63, 3.8) is 0 Å². The molecule has 0 saturated heterocycles. The van der Waals surface area contributed by atoms with Crippen LogP contribution in [-0.2, 0) is 13.0 Å². The smallest absolute Gasteiger partial charge is 0.0337 e. The lowest BCUT2D eigenvalue weighted by Crippen LogP contribution is -2.16. The average Bonchev–Trinajstić information content (AvgIpc) is 2.45. The second-order valence-corrected chi connectivity index (χ2v) is 4.23. The molecular formula is C15H19N3. The molecule has 0 aliphatic carbocycles. The van der Waals surface area contributed by atoms with Crippen LogP contribution in [0.3, 0.4) is 0 Å². The van der Waals surface area contributed by atoms with E-state index in [1.165, 1.54) is 11.1 Å². The minimum absolute atomic E-state index is 0.907. The molecule has 0 aliphatic rings. The van der Waals surface area contributed by atoms with Gasteiger partial charge < -0.3 is 10.6 Å². The van der Waals surface area contributed by atoms with E-state index < -0.39 is 0 Å². The van der Waals surface area contributed by atoms with Crippen LogP contribution in [0, 0.1) is 0 Å². The number of rotatable bonds is 6. The zero-order valence-corrected chi connectivity index (χ0v) is 10.7. The van der Waals surface area contributed by atoms with Crippen LogP contribution in [0.25, 0.3) is 0 Å². The molecule has 0 bridgehead atoms. The van der Waals surface area contributed by atoms with Gasteiger partial charge in [-0.25, -0.2) is 0 Å². The summed E-state index contributed by atoms with van der Waals surface area (Å²) < 4.78 is 0. The van der Waals surface area contributed by atoms with Crippen molar-refractivity contribution in [2.24, 2.45) is 0 Å². The Morgan fingerprint density at radius 3 is 2.56 bits per heavy atom. The molecule has 1 aromatic heterocycles. The standard InChI is InChI=1S/C15H19N3/c1-16-15-6-4-14(5-7-15)12-18-10-8-13-3-2-9-17-11-13/h2-7,9,11,16,18H,8,10,12H2,1H3. The number of nitrogens with zero attached hydrogens (tertiary/aromatic N) is 1. The maximum atomic E-state index is 4.11. The SMILES string of the molecule is CNc1ccc(CNCCc2cccnc2)cc1. The first-order chi connectivity index (χ1) is 8.88. The van der Waals surface area contributed by atoms with Crippen LogP contribution in [0.2, 0.25) is 0 Å². The Kier molecular flexibility index (Phi) is 4.73. The fourth-order valence-electron chi connectivity index (χ4n) is 1.80. The molecule has 2 rings (SSSR count). The number of nitrogens with one attached hydrogen (secondary N) is 2. The predicted octanol–water partition coefficient (Wildman–Crippen LogP) is 2.46. The Morgan fingerprint density at radius 2 is 1.89 bits per heavy atom. The summed E-state index contributed by atoms with van der Waals surface area (Å²) in [6.07, 6.45) is 4.74. The average molecular weight is 241 g/mol. The Labute approximate surface area is 108 Å². The number of pyridine rings is 1. The van der Waals surface area contributed by atoms with Gasteiger partial charge in [-0.2, -0.15) is 0 Å². The predicted molar refractivity (Wildman–Crippen MR) is 75.6 cm³/mol. The van der Waals surface area contributed by atoms with Crippen molar-refractivity contribution < 1.29 is 0 Å². The van der Waals surface area contributed by atoms with E-state index in [4.69, 9.17) is 0 Å². The van der Waals surface area contributed by atoms with Crippen LogP contribution in [-0.4, -0.2) is 18.6 Å². The van der Waals surface area contributed by atoms with Crippen LogP contribution in [0.15, 0.2) is 48.8 Å². The summed E-state index contributed by atoms with van der Waals surface area (Å²) in [6.45, 7) is 1.88. The molecule has 0 saturated carbocycles. The quantitative estimate of drug-likeness (QED) is 0.763. The van der Waals surface area contributed by atoms with E-state index in [1.807, 2.05) is 19.3 Å². The van der Waals surface area contributed by atoms with Crippen molar-refractivity contribution in [3.8, 4) is 0 Å². The molecule has 94 valence electrons. The summed E-state index contributed by atoms with van der Waals surface area (Å²) in [6, 6.07) is 12.6. The van der Waals surface area contributed by atoms with E-state index in [9.17, 15) is 0 Å². The first kappa shape index (κ1) is 12.6. The highest BCUT2D eigenvalue weighted by atomic mass is 14.8. The summed E-state index contributed by atoms with van der Waals surface area (Å²) in [5.74, 6) is 0. The number of benzene rings is 1. The molecule has 0 radical (unpaired) electrons. The molecule has 0 amide bonds. The van der Waals surface area contributed by atoms with Crippen LogP contribution in [0.1, 0.15) is 11.1 Å². The summed E-state index contributed by atoms with van der Waals surface area (Å²) >= 11 is 0. The van der Waals surface area contributed by atoms with Gasteiger partial charge in [-0.3, -0.25) is 4.98 Å². The first-order valence-electron chi connectivity index (χ1n) is 6.25. The van der Waals surface area contributed by atoms with Gasteiger partial charge >= 0.3 is 0 Å². The zero-order chi connectivity index (χ0) is 12.6. The van der Waals surface area contributed by atoms with Gasteiger partial charge in [0.2, 0.25) is 0 Å². The maximum absolute atomic E-state index is 4.11. The van der Waals surface area contributed by atoms with Crippen molar-refractivity contribution in [2.75, 3.05) is 18.9 Å². The molecule has 1 aromatic carbocycles. The lowest BCUT2D eigenvalue weighted by molar-refractivity contribution is 0.686. The Morgan fingerprint density at radius 1 is 1.06 bits per heavy atom. The Hall–Kier alpha value is -1.87. The van der Waals surface area contributed by atoms with Crippen LogP contribution < -0.4 is 10.6 Å². The molecule has 0 unspecified atom stereocenters. The lowest BCUT2D eigenvalue weighted by atomic mass is 10.2. The molecule has 2 aromatic rings. The van der Waals surface area contributed by atoms with E-state index in [2.05, 4.69) is 45.9 Å². The van der Waals surface area contributed by atoms with Gasteiger partial charge in [0.25, 0.3) is 0 Å². The highest BCUT2D eigenvalue weighted by Gasteiger charge is 1.94. The number of aromatic nitrogens is 1. The molecule has 2 N–H and O–H groups in total. The van der Waals surface area contributed by atoms with Gasteiger partial charge in [0.15, 0.2) is 0 Å². The second-order valence-electron chi connectivity index (χ2n) is 4.23. The summed E-state index contributed by atoms with van der Waals surface area (Å²) in [4.78, 5) is 4.11. The fourth-order valence-corrected chi connectivity index (χ4v) is 1.80. The summed E-state index contributed by atoms with van der Waals surface area (Å²) in [5.41, 5.74) is 3.73. The monoisotopic (exact) mass is 241 g/mol. The highest BCUT2D eigenvalue weighted by Crippen LogP contribution is 2.08. The molecule has 3 nitrogen and oxygen atoms in total. The molecule has 0 spiro atoms. The van der Waals surface area contributed by atoms with Crippen molar-refractivity contribution >= 4 is 5.69 Å². The minimum atomic E-state index is 0.907. The van der Waals surface area contributed by atoms with E-state index in [0.29, 0.717) is 0 Å². The second kappa shape index (κ2) is 6.77. The number of anilines is 1. The zero-order valence-electron chi connectivity index (χ0n) is 10.7. The number of hydrogen-bond acceptors (Lipinski definition) is 3. The van der Waals surface area contributed by atoms with E-state index >= 15 is 0 Å². The third kappa shape index (κ3) is 3.86. The van der Waals surface area contributed by atoms with Gasteiger partial charge in [-0.05, 0) is 42.3 Å². The minimum Gasteiger partial charge on any atom is -0.388 e. The van der Waals surface area contributed by atoms with Crippen LogP contribution >= 0.6 is 0 Å². The summed E-state index contributed by atoms with van der Waals surface area (Å²) in [7, 11) is 1.93. The van der Waals surface area contributed by atoms with Crippen LogP contribution in [0.5, 0.6) is 0 Å². The van der Waals surface area contributed by atoms with E-state index in [1.54, 1.807) is 6.20 Å². The Bertz CT molecular complexity index is 451. The van der Waals surface area contributed by atoms with Crippen molar-refractivity contribution in [1.29, 1.82) is 0 Å². The molecule has 18 heavy (non-hydrogen) atoms. The van der Waals surface area contributed by atoms with Gasteiger partial charge in [-0.15, -0.1) is 0 Å². The molecular weight excluding hydrogens is 222 g/mol. The first-order valence-corrected chi connectivity index (χ1v) is 6.25. The molecule has 1 heterocycles. The van der Waals surface area contributed by atoms with Gasteiger partial charge in [0.05, 0.1) is 0 Å². The highest BCUT2D eigenvalue weighted by molar-refractivity contribution is 5.43. The van der Waals surface area contributed by atoms with Crippen molar-refractivity contribution in [3.05, 3.63) is 59.9 Å². The third-order valence-electron chi connectivity index (χ3n) is 2.88. The molecule has 0 atom stereocenters. The fraction of sp³-hybridized carbons (Fsp3) is 0.267. The normalized spacial score (nSPS) is 10.3. The molecule has 0 aliphatic heterocycles. The van der Waals surface area contributed by atoms with E-state index in [-0.39, 0.29) is 0 Å². The third-order valence-corrected chi connectivity index (χ3v) is 2.88. The van der Waals surface area contributed by atoms with Crippen molar-refractivity contribution in [1.82, 2.24) is 10.3 Å². The van der Waals surface area contributed by atoms with Gasteiger partial charge in [0.1, 0.15) is 0 Å². The molecule has 0 fully saturated rings. The van der Waals surface area contributed by atoms with Gasteiger partial charge in [-0.1, -0.05) is 18.2 Å². The number of hydrogen-bond donors (Lipinski definition) is 2. The topological polar surface area (TPSA) is 37.0 Å². The largest absolute Gasteiger partial charge is 0.388 e. The van der Waals surface area contributed by atoms with Crippen molar-refractivity contribution in [2.45, 2.75) is 13.0 Å². The van der Waals surface area contributed by atoms with Gasteiger partial charge in [0, 0.05) is 31.7 Å². The molecule has 3 heteroatoms. The maximum Gasteiger partial charge on any atom is 0.0337 e. The summed E-state index contributed by atoms with van der Waals surface area (Å²) in [5, 5.41) is 6.56. The lowest BCUT2D eigenvalue weighted by Gasteiger charge is -2.06. The Balaban J connectivity index is 1.72.